The van der Waals surface area contributed by atoms with Gasteiger partial charge in [-0.3, -0.25) is 9.89 Å². The highest BCUT2D eigenvalue weighted by atomic mass is 16.5. The molecule has 19 heavy (non-hydrogen) atoms. The molecule has 2 N–H and O–H groups in total. The van der Waals surface area contributed by atoms with Crippen molar-refractivity contribution in [1.29, 1.82) is 0 Å². The van der Waals surface area contributed by atoms with Gasteiger partial charge in [-0.05, 0) is 12.8 Å². The Morgan fingerprint density at radius 1 is 1.47 bits per heavy atom. The molecule has 6 nitrogen and oxygen atoms in total. The minimum Gasteiger partial charge on any atom is -0.360 e. The zero-order chi connectivity index (χ0) is 13.6. The van der Waals surface area contributed by atoms with Crippen LogP contribution < -0.4 is 5.32 Å². The van der Waals surface area contributed by atoms with Crippen LogP contribution in [-0.4, -0.2) is 21.3 Å². The predicted octanol–water partition coefficient (Wildman–Crippen LogP) is 2.30. The second-order valence-electron chi connectivity index (χ2n) is 5.22. The highest BCUT2D eigenvalue weighted by Crippen LogP contribution is 2.38. The summed E-state index contributed by atoms with van der Waals surface area (Å²) in [6.45, 7) is 6.06. The Hall–Kier alpha value is -2.11. The maximum absolute atomic E-state index is 11.7. The van der Waals surface area contributed by atoms with Gasteiger partial charge >= 0.3 is 0 Å². The van der Waals surface area contributed by atoms with E-state index < -0.39 is 0 Å². The molecule has 1 atom stereocenters. The summed E-state index contributed by atoms with van der Waals surface area (Å²) in [4.78, 5) is 11.7. The first kappa shape index (κ1) is 12.0. The fourth-order valence-corrected chi connectivity index (χ4v) is 2.41. The van der Waals surface area contributed by atoms with E-state index >= 15 is 0 Å². The summed E-state index contributed by atoms with van der Waals surface area (Å²) in [5.41, 5.74) is 2.84. The molecule has 0 aromatic carbocycles. The number of aryl methyl sites for hydroxylation is 1. The van der Waals surface area contributed by atoms with E-state index in [4.69, 9.17) is 4.52 Å². The molecule has 100 valence electrons. The molecule has 3 rings (SSSR count). The number of H-pyrrole nitrogens is 1. The number of carbonyl (C=O) groups excluding carboxylic acids is 1. The van der Waals surface area contributed by atoms with Crippen molar-refractivity contribution in [2.24, 2.45) is 0 Å². The van der Waals surface area contributed by atoms with Gasteiger partial charge in [0.15, 0.2) is 5.82 Å². The lowest BCUT2D eigenvalue weighted by Gasteiger charge is -2.19. The van der Waals surface area contributed by atoms with Crippen LogP contribution >= 0.6 is 0 Å². The number of anilines is 1. The number of nitrogens with zero attached hydrogens (tertiary/aromatic N) is 2. The largest absolute Gasteiger partial charge is 0.360 e. The number of amides is 1. The number of fused-ring (bicyclic) bond motifs is 1. The molecule has 0 spiro atoms. The minimum absolute atomic E-state index is 0.0495. The molecule has 2 aromatic rings. The zero-order valence-electron chi connectivity index (χ0n) is 11.2. The zero-order valence-corrected chi connectivity index (χ0v) is 11.2. The van der Waals surface area contributed by atoms with Gasteiger partial charge in [-0.2, -0.15) is 5.10 Å². The predicted molar refractivity (Wildman–Crippen MR) is 69.0 cm³/mol. The van der Waals surface area contributed by atoms with Crippen molar-refractivity contribution in [3.63, 3.8) is 0 Å². The second kappa shape index (κ2) is 4.22. The Morgan fingerprint density at radius 2 is 2.26 bits per heavy atom. The number of rotatable bonds is 2. The monoisotopic (exact) mass is 260 g/mol. The van der Waals surface area contributed by atoms with Gasteiger partial charge in [0.05, 0.1) is 11.6 Å². The van der Waals surface area contributed by atoms with Gasteiger partial charge in [-0.15, -0.1) is 0 Å². The van der Waals surface area contributed by atoms with Gasteiger partial charge < -0.3 is 9.84 Å². The summed E-state index contributed by atoms with van der Waals surface area (Å²) in [6.07, 6.45) is 0.361. The number of nitrogens with one attached hydrogen (secondary N) is 2. The van der Waals surface area contributed by atoms with Crippen LogP contribution in [0.5, 0.6) is 0 Å². The average Bonchev–Trinajstić information content (AvgIpc) is 2.96. The van der Waals surface area contributed by atoms with E-state index in [1.165, 1.54) is 0 Å². The van der Waals surface area contributed by atoms with Crippen molar-refractivity contribution in [3.8, 4) is 0 Å². The van der Waals surface area contributed by atoms with Gasteiger partial charge in [0.1, 0.15) is 5.76 Å². The van der Waals surface area contributed by atoms with Gasteiger partial charge in [-0.1, -0.05) is 19.0 Å². The first-order chi connectivity index (χ1) is 9.06. The molecule has 0 radical (unpaired) electrons. The van der Waals surface area contributed by atoms with Crippen LogP contribution in [-0.2, 0) is 4.79 Å². The van der Waals surface area contributed by atoms with Crippen molar-refractivity contribution < 1.29 is 9.32 Å². The molecule has 1 aliphatic heterocycles. The summed E-state index contributed by atoms with van der Waals surface area (Å²) < 4.78 is 5.42. The van der Waals surface area contributed by atoms with E-state index in [0.29, 0.717) is 18.2 Å². The molecular weight excluding hydrogens is 244 g/mol. The summed E-state index contributed by atoms with van der Waals surface area (Å²) in [5, 5.41) is 13.8. The summed E-state index contributed by atoms with van der Waals surface area (Å²) in [6, 6.07) is 1.93. The van der Waals surface area contributed by atoms with Crippen molar-refractivity contribution in [2.45, 2.75) is 39.0 Å². The van der Waals surface area contributed by atoms with Gasteiger partial charge in [0, 0.05) is 23.7 Å². The van der Waals surface area contributed by atoms with Crippen LogP contribution in [0.1, 0.15) is 54.8 Å². The fraction of sp³-hybridized carbons (Fsp3) is 0.462. The van der Waals surface area contributed by atoms with E-state index in [2.05, 4.69) is 34.5 Å². The Labute approximate surface area is 110 Å². The third kappa shape index (κ3) is 1.93. The smallest absolute Gasteiger partial charge is 0.226 e. The van der Waals surface area contributed by atoms with E-state index in [1.807, 2.05) is 13.0 Å². The topological polar surface area (TPSA) is 83.8 Å². The van der Waals surface area contributed by atoms with E-state index in [1.54, 1.807) is 0 Å². The summed E-state index contributed by atoms with van der Waals surface area (Å²) >= 11 is 0. The number of aromatic amines is 1. The molecule has 0 aliphatic carbocycles. The number of carbonyl (C=O) groups is 1. The molecule has 0 saturated carbocycles. The molecule has 0 fully saturated rings. The molecule has 3 heterocycles. The highest BCUT2D eigenvalue weighted by Gasteiger charge is 2.33. The van der Waals surface area contributed by atoms with E-state index in [-0.39, 0.29) is 11.8 Å². The lowest BCUT2D eigenvalue weighted by atomic mass is 9.89. The van der Waals surface area contributed by atoms with Gasteiger partial charge in [0.25, 0.3) is 0 Å². The molecular formula is C13H16N4O2. The first-order valence-corrected chi connectivity index (χ1v) is 6.37. The number of hydrogen-bond donors (Lipinski definition) is 2. The molecule has 1 amide bonds. The molecule has 6 heteroatoms. The van der Waals surface area contributed by atoms with Crippen LogP contribution in [0.15, 0.2) is 10.6 Å². The van der Waals surface area contributed by atoms with Crippen molar-refractivity contribution in [3.05, 3.63) is 28.8 Å². The molecule has 0 saturated heterocycles. The van der Waals surface area contributed by atoms with E-state index in [9.17, 15) is 4.79 Å². The van der Waals surface area contributed by atoms with E-state index in [0.717, 1.165) is 22.7 Å². The molecule has 0 bridgehead atoms. The SMILES string of the molecule is Cc1[nH]nc2c1[C@H](c1cc(C(C)C)no1)CC(=O)N2. The van der Waals surface area contributed by atoms with Crippen molar-refractivity contribution in [1.82, 2.24) is 15.4 Å². The average molecular weight is 260 g/mol. The van der Waals surface area contributed by atoms with Gasteiger partial charge in [-0.25, -0.2) is 0 Å². The quantitative estimate of drug-likeness (QED) is 0.867. The van der Waals surface area contributed by atoms with Crippen molar-refractivity contribution in [2.75, 3.05) is 5.32 Å². The summed E-state index contributed by atoms with van der Waals surface area (Å²) in [7, 11) is 0. The lowest BCUT2D eigenvalue weighted by molar-refractivity contribution is -0.116. The molecule has 1 aliphatic rings. The van der Waals surface area contributed by atoms with Crippen LogP contribution in [0.4, 0.5) is 5.82 Å². The number of aromatic nitrogens is 3. The number of hydrogen-bond acceptors (Lipinski definition) is 4. The Bertz CT molecular complexity index is 626. The standard InChI is InChI=1S/C13H16N4O2/c1-6(2)9-5-10(19-17-9)8-4-11(18)14-13-12(8)7(3)15-16-13/h5-6,8H,4H2,1-3H3,(H2,14,15,16,18)/t8-/m0/s1. The molecule has 2 aromatic heterocycles. The van der Waals surface area contributed by atoms with Crippen LogP contribution in [0.25, 0.3) is 0 Å². The van der Waals surface area contributed by atoms with Crippen molar-refractivity contribution >= 4 is 11.7 Å². The maximum Gasteiger partial charge on any atom is 0.226 e. The Balaban J connectivity index is 2.04. The first-order valence-electron chi connectivity index (χ1n) is 6.37. The molecule has 0 unspecified atom stereocenters. The Kier molecular flexibility index (Phi) is 2.66. The fourth-order valence-electron chi connectivity index (χ4n) is 2.41. The maximum atomic E-state index is 11.7. The summed E-state index contributed by atoms with van der Waals surface area (Å²) in [5.74, 6) is 1.47. The Morgan fingerprint density at radius 3 is 2.95 bits per heavy atom. The van der Waals surface area contributed by atoms with Crippen LogP contribution in [0, 0.1) is 6.92 Å². The van der Waals surface area contributed by atoms with Gasteiger partial charge in [0.2, 0.25) is 5.91 Å². The normalized spacial score (nSPS) is 18.5. The van der Waals surface area contributed by atoms with Crippen LogP contribution in [0.2, 0.25) is 0 Å². The third-order valence-electron chi connectivity index (χ3n) is 3.47. The second-order valence-corrected chi connectivity index (χ2v) is 5.22. The minimum atomic E-state index is -0.109. The lowest BCUT2D eigenvalue weighted by Crippen LogP contribution is -2.23. The van der Waals surface area contributed by atoms with Crippen LogP contribution in [0.3, 0.4) is 0 Å². The highest BCUT2D eigenvalue weighted by molar-refractivity contribution is 5.94. The third-order valence-corrected chi connectivity index (χ3v) is 3.47.